The highest BCUT2D eigenvalue weighted by molar-refractivity contribution is 5.69. The van der Waals surface area contributed by atoms with Crippen LogP contribution in [0.25, 0.3) is 28.3 Å². The topological polar surface area (TPSA) is 45.5 Å². The van der Waals surface area contributed by atoms with Crippen LogP contribution in [0.3, 0.4) is 0 Å². The average Bonchev–Trinajstić information content (AvgIpc) is 3.22. The molecular formula is C21H19N4+. The van der Waals surface area contributed by atoms with Gasteiger partial charge in [0.1, 0.15) is 5.69 Å². The first-order valence-corrected chi connectivity index (χ1v) is 8.42. The third-order valence-electron chi connectivity index (χ3n) is 4.30. The maximum Gasteiger partial charge on any atom is 0.422 e. The lowest BCUT2D eigenvalue weighted by Crippen LogP contribution is -2.39. The zero-order valence-corrected chi connectivity index (χ0v) is 14.1. The van der Waals surface area contributed by atoms with Gasteiger partial charge in [0.05, 0.1) is 5.69 Å². The number of hydrogen-bond acceptors (Lipinski definition) is 2. The monoisotopic (exact) mass is 327 g/mol. The summed E-state index contributed by atoms with van der Waals surface area (Å²) in [6.07, 6.45) is 2.43. The second kappa shape index (κ2) is 6.69. The predicted molar refractivity (Wildman–Crippen MR) is 98.2 cm³/mol. The SMILES string of the molecule is CCc1cc(-c2ccccc2)cc(-c2ccccc2)[n+]1-c1ncn[nH]1. The number of nitrogens with zero attached hydrogens (tertiary/aromatic N) is 3. The summed E-state index contributed by atoms with van der Waals surface area (Å²) in [5, 5.41) is 7.03. The number of pyridine rings is 1. The molecule has 0 spiro atoms. The van der Waals surface area contributed by atoms with E-state index in [0.29, 0.717) is 0 Å². The summed E-state index contributed by atoms with van der Waals surface area (Å²) in [6, 6.07) is 25.3. The molecule has 4 heteroatoms. The van der Waals surface area contributed by atoms with Crippen molar-refractivity contribution in [3.8, 4) is 28.3 Å². The Bertz CT molecular complexity index is 962. The van der Waals surface area contributed by atoms with Crippen LogP contribution in [0.4, 0.5) is 0 Å². The molecule has 0 unspecified atom stereocenters. The highest BCUT2D eigenvalue weighted by Gasteiger charge is 2.20. The van der Waals surface area contributed by atoms with E-state index in [2.05, 4.69) is 87.3 Å². The Labute approximate surface area is 146 Å². The van der Waals surface area contributed by atoms with Crippen molar-refractivity contribution >= 4 is 0 Å². The van der Waals surface area contributed by atoms with Crippen molar-refractivity contribution in [2.75, 3.05) is 0 Å². The van der Waals surface area contributed by atoms with Crippen LogP contribution < -0.4 is 4.57 Å². The van der Waals surface area contributed by atoms with E-state index in [1.54, 1.807) is 6.33 Å². The minimum absolute atomic E-state index is 0.732. The van der Waals surface area contributed by atoms with Crippen molar-refractivity contribution in [1.29, 1.82) is 0 Å². The average molecular weight is 327 g/mol. The van der Waals surface area contributed by atoms with Gasteiger partial charge in [0.15, 0.2) is 0 Å². The van der Waals surface area contributed by atoms with Crippen LogP contribution in [-0.4, -0.2) is 15.2 Å². The van der Waals surface area contributed by atoms with Crippen molar-refractivity contribution in [1.82, 2.24) is 15.2 Å². The highest BCUT2D eigenvalue weighted by atomic mass is 15.3. The molecule has 4 aromatic rings. The van der Waals surface area contributed by atoms with Gasteiger partial charge in [-0.25, -0.2) is 0 Å². The summed E-state index contributed by atoms with van der Waals surface area (Å²) in [7, 11) is 0. The first kappa shape index (κ1) is 15.3. The van der Waals surface area contributed by atoms with Crippen molar-refractivity contribution in [2.24, 2.45) is 0 Å². The third-order valence-corrected chi connectivity index (χ3v) is 4.30. The Morgan fingerprint density at radius 3 is 2.12 bits per heavy atom. The van der Waals surface area contributed by atoms with Gasteiger partial charge >= 0.3 is 5.95 Å². The molecule has 25 heavy (non-hydrogen) atoms. The molecule has 0 aliphatic heterocycles. The van der Waals surface area contributed by atoms with Gasteiger partial charge in [-0.2, -0.15) is 9.67 Å². The van der Waals surface area contributed by atoms with Gasteiger partial charge in [0, 0.05) is 5.56 Å². The maximum atomic E-state index is 4.38. The molecule has 1 N–H and O–H groups in total. The van der Waals surface area contributed by atoms with E-state index >= 15 is 0 Å². The van der Waals surface area contributed by atoms with Gasteiger partial charge in [-0.15, -0.1) is 0 Å². The molecule has 0 saturated carbocycles. The molecule has 0 aliphatic carbocycles. The molecule has 0 saturated heterocycles. The number of aromatic amines is 1. The molecule has 122 valence electrons. The van der Waals surface area contributed by atoms with E-state index in [0.717, 1.165) is 23.6 Å². The minimum Gasteiger partial charge on any atom is -0.197 e. The lowest BCUT2D eigenvalue weighted by atomic mass is 10.0. The van der Waals surface area contributed by atoms with Crippen molar-refractivity contribution in [2.45, 2.75) is 13.3 Å². The molecule has 0 aliphatic rings. The Kier molecular flexibility index (Phi) is 4.09. The van der Waals surface area contributed by atoms with Crippen LogP contribution in [0.2, 0.25) is 0 Å². The fourth-order valence-electron chi connectivity index (χ4n) is 3.09. The van der Waals surface area contributed by atoms with E-state index in [1.165, 1.54) is 16.8 Å². The Morgan fingerprint density at radius 2 is 1.52 bits per heavy atom. The van der Waals surface area contributed by atoms with Gasteiger partial charge in [0.25, 0.3) is 0 Å². The quantitative estimate of drug-likeness (QED) is 0.576. The van der Waals surface area contributed by atoms with E-state index in [9.17, 15) is 0 Å². The number of aryl methyl sites for hydroxylation is 1. The second-order valence-electron chi connectivity index (χ2n) is 5.85. The summed E-state index contributed by atoms with van der Waals surface area (Å²) in [5.74, 6) is 0.732. The van der Waals surface area contributed by atoms with E-state index in [1.807, 2.05) is 12.1 Å². The summed E-state index contributed by atoms with van der Waals surface area (Å²) < 4.78 is 2.15. The van der Waals surface area contributed by atoms with Gasteiger partial charge in [-0.05, 0) is 29.7 Å². The van der Waals surface area contributed by atoms with Crippen LogP contribution >= 0.6 is 0 Å². The standard InChI is InChI=1S/C21H19N4/c1-2-19-13-18(16-9-5-3-6-10-16)14-20(17-11-7-4-8-12-17)25(19)21-22-15-23-24-21/h3-15H,2H2,1H3,(H,22,23,24)/q+1. The van der Waals surface area contributed by atoms with Gasteiger partial charge in [0.2, 0.25) is 6.33 Å². The van der Waals surface area contributed by atoms with Gasteiger partial charge in [-0.3, -0.25) is 0 Å². The third kappa shape index (κ3) is 2.94. The first-order valence-electron chi connectivity index (χ1n) is 8.42. The molecule has 0 amide bonds. The van der Waals surface area contributed by atoms with Crippen molar-refractivity contribution in [3.05, 3.63) is 84.8 Å². The molecule has 0 radical (unpaired) electrons. The summed E-state index contributed by atoms with van der Waals surface area (Å²) in [6.45, 7) is 2.16. The second-order valence-corrected chi connectivity index (χ2v) is 5.85. The number of hydrogen-bond donors (Lipinski definition) is 1. The molecular weight excluding hydrogens is 308 g/mol. The van der Waals surface area contributed by atoms with E-state index in [-0.39, 0.29) is 0 Å². The van der Waals surface area contributed by atoms with Crippen LogP contribution in [-0.2, 0) is 6.42 Å². The van der Waals surface area contributed by atoms with Gasteiger partial charge in [-0.1, -0.05) is 77.7 Å². The smallest absolute Gasteiger partial charge is 0.197 e. The molecule has 0 bridgehead atoms. The maximum absolute atomic E-state index is 4.38. The first-order chi connectivity index (χ1) is 12.4. The molecule has 4 nitrogen and oxygen atoms in total. The number of rotatable bonds is 4. The molecule has 4 rings (SSSR count). The molecule has 2 aromatic heterocycles. The minimum atomic E-state index is 0.732. The van der Waals surface area contributed by atoms with Crippen molar-refractivity contribution < 1.29 is 4.57 Å². The Hall–Kier alpha value is -3.27. The molecule has 0 atom stereocenters. The van der Waals surface area contributed by atoms with Crippen LogP contribution in [0.1, 0.15) is 12.6 Å². The van der Waals surface area contributed by atoms with Crippen LogP contribution in [0, 0.1) is 0 Å². The summed E-state index contributed by atoms with van der Waals surface area (Å²) in [4.78, 5) is 4.38. The zero-order valence-electron chi connectivity index (χ0n) is 14.1. The normalized spacial score (nSPS) is 10.8. The number of aromatic nitrogens is 4. The van der Waals surface area contributed by atoms with Crippen LogP contribution in [0.5, 0.6) is 0 Å². The number of H-pyrrole nitrogens is 1. The summed E-state index contributed by atoms with van der Waals surface area (Å²) >= 11 is 0. The Morgan fingerprint density at radius 1 is 0.840 bits per heavy atom. The molecule has 2 aromatic carbocycles. The Balaban J connectivity index is 2.01. The number of nitrogens with one attached hydrogen (secondary N) is 1. The lowest BCUT2D eigenvalue weighted by Gasteiger charge is -2.13. The largest absolute Gasteiger partial charge is 0.422 e. The van der Waals surface area contributed by atoms with Crippen molar-refractivity contribution in [3.63, 3.8) is 0 Å². The number of benzene rings is 2. The fourth-order valence-corrected chi connectivity index (χ4v) is 3.09. The zero-order chi connectivity index (χ0) is 17.1. The lowest BCUT2D eigenvalue weighted by molar-refractivity contribution is -0.600. The highest BCUT2D eigenvalue weighted by Crippen LogP contribution is 2.26. The predicted octanol–water partition coefficient (Wildman–Crippen LogP) is 3.98. The molecule has 2 heterocycles. The van der Waals surface area contributed by atoms with E-state index in [4.69, 9.17) is 0 Å². The molecule has 0 fully saturated rings. The summed E-state index contributed by atoms with van der Waals surface area (Å²) in [5.41, 5.74) is 5.82. The van der Waals surface area contributed by atoms with E-state index < -0.39 is 0 Å². The fraction of sp³-hybridized carbons (Fsp3) is 0.0952. The van der Waals surface area contributed by atoms with Gasteiger partial charge < -0.3 is 0 Å². The van der Waals surface area contributed by atoms with Crippen LogP contribution in [0.15, 0.2) is 79.1 Å².